The van der Waals surface area contributed by atoms with Gasteiger partial charge in [0.15, 0.2) is 0 Å². The molecular weight excluding hydrogens is 276 g/mol. The van der Waals surface area contributed by atoms with E-state index in [1.54, 1.807) is 0 Å². The van der Waals surface area contributed by atoms with E-state index >= 15 is 0 Å². The fourth-order valence-electron chi connectivity index (χ4n) is 2.50. The summed E-state index contributed by atoms with van der Waals surface area (Å²) in [5.74, 6) is 3.44. The third-order valence-electron chi connectivity index (χ3n) is 3.68. The summed E-state index contributed by atoms with van der Waals surface area (Å²) in [4.78, 5) is 17.8. The van der Waals surface area contributed by atoms with Crippen LogP contribution in [0.5, 0.6) is 0 Å². The fourth-order valence-corrected chi connectivity index (χ4v) is 3.56. The van der Waals surface area contributed by atoms with Gasteiger partial charge in [-0.05, 0) is 12.8 Å². The molecule has 0 unspecified atom stereocenters. The molecule has 0 saturated carbocycles. The van der Waals surface area contributed by atoms with Crippen molar-refractivity contribution in [1.29, 1.82) is 0 Å². The molecule has 0 aromatic carbocycles. The van der Waals surface area contributed by atoms with Crippen LogP contribution in [0.15, 0.2) is 0 Å². The minimum Gasteiger partial charge on any atom is -0.357 e. The Hall–Kier alpha value is -1.44. The summed E-state index contributed by atoms with van der Waals surface area (Å²) in [5.41, 5.74) is 0. The molecule has 0 aliphatic carbocycles. The van der Waals surface area contributed by atoms with Crippen molar-refractivity contribution >= 4 is 28.6 Å². The zero-order chi connectivity index (χ0) is 13.9. The first kappa shape index (κ1) is 13.5. The molecule has 2 aliphatic rings. The maximum atomic E-state index is 11.4. The summed E-state index contributed by atoms with van der Waals surface area (Å²) < 4.78 is 11.4. The summed E-state index contributed by atoms with van der Waals surface area (Å²) in [6.45, 7) is 3.52. The minimum absolute atomic E-state index is 0.601. The Kier molecular flexibility index (Phi) is 4.00. The molecule has 3 rings (SSSR count). The number of hydrogen-bond donors (Lipinski definition) is 1. The van der Waals surface area contributed by atoms with E-state index in [9.17, 15) is 4.21 Å². The van der Waals surface area contributed by atoms with Crippen molar-refractivity contribution in [2.45, 2.75) is 12.8 Å². The van der Waals surface area contributed by atoms with E-state index in [2.05, 4.69) is 30.1 Å². The number of aromatic nitrogens is 3. The van der Waals surface area contributed by atoms with Crippen LogP contribution in [-0.2, 0) is 10.8 Å². The van der Waals surface area contributed by atoms with Gasteiger partial charge in [-0.3, -0.25) is 4.21 Å². The van der Waals surface area contributed by atoms with Gasteiger partial charge in [0.1, 0.15) is 0 Å². The molecule has 7 nitrogen and oxygen atoms in total. The first-order valence-electron chi connectivity index (χ1n) is 7.05. The topological polar surface area (TPSA) is 74.2 Å². The van der Waals surface area contributed by atoms with E-state index in [4.69, 9.17) is 0 Å². The standard InChI is InChI=1S/C12H20N6OS/c1-13-10-14-11(17-4-2-3-5-17)16-12(15-10)18-6-8-20(19)9-7-18/h2-9H2,1H3,(H,13,14,15,16). The van der Waals surface area contributed by atoms with Crippen LogP contribution in [-0.4, -0.2) is 63.9 Å². The van der Waals surface area contributed by atoms with Crippen LogP contribution >= 0.6 is 0 Å². The second kappa shape index (κ2) is 5.90. The third-order valence-corrected chi connectivity index (χ3v) is 4.96. The van der Waals surface area contributed by atoms with Crippen molar-refractivity contribution < 1.29 is 4.21 Å². The molecule has 20 heavy (non-hydrogen) atoms. The largest absolute Gasteiger partial charge is 0.357 e. The van der Waals surface area contributed by atoms with Crippen LogP contribution in [0.1, 0.15) is 12.8 Å². The molecular formula is C12H20N6OS. The molecule has 2 aliphatic heterocycles. The molecule has 1 aromatic rings. The summed E-state index contributed by atoms with van der Waals surface area (Å²) in [7, 11) is 1.13. The number of nitrogens with one attached hydrogen (secondary N) is 1. The smallest absolute Gasteiger partial charge is 0.232 e. The molecule has 0 spiro atoms. The van der Waals surface area contributed by atoms with Gasteiger partial charge in [0, 0.05) is 55.5 Å². The highest BCUT2D eigenvalue weighted by Gasteiger charge is 2.22. The number of anilines is 3. The van der Waals surface area contributed by atoms with Crippen LogP contribution < -0.4 is 15.1 Å². The van der Waals surface area contributed by atoms with Gasteiger partial charge in [0.05, 0.1) is 0 Å². The molecule has 0 bridgehead atoms. The average Bonchev–Trinajstić information content (AvgIpc) is 3.02. The highest BCUT2D eigenvalue weighted by atomic mass is 32.2. The van der Waals surface area contributed by atoms with Gasteiger partial charge >= 0.3 is 0 Å². The molecule has 3 heterocycles. The van der Waals surface area contributed by atoms with Gasteiger partial charge in [-0.1, -0.05) is 0 Å². The maximum Gasteiger partial charge on any atom is 0.232 e. The Morgan fingerprint density at radius 3 is 2.05 bits per heavy atom. The van der Waals surface area contributed by atoms with Gasteiger partial charge in [0.2, 0.25) is 17.8 Å². The predicted molar refractivity (Wildman–Crippen MR) is 80.9 cm³/mol. The van der Waals surface area contributed by atoms with Gasteiger partial charge in [-0.2, -0.15) is 15.0 Å². The molecule has 1 aromatic heterocycles. The van der Waals surface area contributed by atoms with Gasteiger partial charge in [-0.25, -0.2) is 0 Å². The van der Waals surface area contributed by atoms with E-state index in [1.165, 1.54) is 12.8 Å². The van der Waals surface area contributed by atoms with Crippen LogP contribution in [0, 0.1) is 0 Å². The molecule has 0 radical (unpaired) electrons. The van der Waals surface area contributed by atoms with Gasteiger partial charge in [0.25, 0.3) is 0 Å². The second-order valence-electron chi connectivity index (χ2n) is 5.04. The van der Waals surface area contributed by atoms with Crippen molar-refractivity contribution in [1.82, 2.24) is 15.0 Å². The zero-order valence-electron chi connectivity index (χ0n) is 11.7. The summed E-state index contributed by atoms with van der Waals surface area (Å²) in [6, 6.07) is 0. The summed E-state index contributed by atoms with van der Waals surface area (Å²) in [5, 5.41) is 3.00. The maximum absolute atomic E-state index is 11.4. The highest BCUT2D eigenvalue weighted by Crippen LogP contribution is 2.20. The van der Waals surface area contributed by atoms with Crippen LogP contribution in [0.4, 0.5) is 17.8 Å². The Morgan fingerprint density at radius 2 is 1.50 bits per heavy atom. The van der Waals surface area contributed by atoms with E-state index < -0.39 is 10.8 Å². The molecule has 8 heteroatoms. The number of hydrogen-bond acceptors (Lipinski definition) is 7. The van der Waals surface area contributed by atoms with Crippen molar-refractivity contribution in [2.75, 3.05) is 59.8 Å². The van der Waals surface area contributed by atoms with Crippen LogP contribution in [0.25, 0.3) is 0 Å². The average molecular weight is 296 g/mol. The minimum atomic E-state index is -0.688. The zero-order valence-corrected chi connectivity index (χ0v) is 12.5. The number of nitrogens with zero attached hydrogens (tertiary/aromatic N) is 5. The molecule has 0 amide bonds. The van der Waals surface area contributed by atoms with Crippen LogP contribution in [0.3, 0.4) is 0 Å². The molecule has 2 fully saturated rings. The Bertz CT molecular complexity index is 495. The lowest BCUT2D eigenvalue weighted by Crippen LogP contribution is -2.39. The van der Waals surface area contributed by atoms with Crippen LogP contribution in [0.2, 0.25) is 0 Å². The van der Waals surface area contributed by atoms with Crippen molar-refractivity contribution in [3.8, 4) is 0 Å². The van der Waals surface area contributed by atoms with Crippen molar-refractivity contribution in [3.63, 3.8) is 0 Å². The quantitative estimate of drug-likeness (QED) is 0.847. The van der Waals surface area contributed by atoms with E-state index in [1.807, 2.05) is 7.05 Å². The van der Waals surface area contributed by atoms with E-state index in [0.717, 1.165) is 32.1 Å². The monoisotopic (exact) mass is 296 g/mol. The lowest BCUT2D eigenvalue weighted by molar-refractivity contribution is 0.671. The van der Waals surface area contributed by atoms with Gasteiger partial charge < -0.3 is 15.1 Å². The lowest BCUT2D eigenvalue weighted by Gasteiger charge is -2.27. The summed E-state index contributed by atoms with van der Waals surface area (Å²) >= 11 is 0. The normalized spacial score (nSPS) is 20.4. The Balaban J connectivity index is 1.85. The SMILES string of the molecule is CNc1nc(N2CCCC2)nc(N2CCS(=O)CC2)n1. The first-order chi connectivity index (χ1) is 9.76. The Labute approximate surface area is 121 Å². The summed E-state index contributed by atoms with van der Waals surface area (Å²) in [6.07, 6.45) is 2.39. The first-order valence-corrected chi connectivity index (χ1v) is 8.54. The van der Waals surface area contributed by atoms with E-state index in [-0.39, 0.29) is 0 Å². The highest BCUT2D eigenvalue weighted by molar-refractivity contribution is 7.85. The predicted octanol–water partition coefficient (Wildman–Crippen LogP) is 0.0822. The van der Waals surface area contributed by atoms with E-state index in [0.29, 0.717) is 23.4 Å². The fraction of sp³-hybridized carbons (Fsp3) is 0.750. The molecule has 0 atom stereocenters. The van der Waals surface area contributed by atoms with Crippen molar-refractivity contribution in [2.24, 2.45) is 0 Å². The van der Waals surface area contributed by atoms with Gasteiger partial charge in [-0.15, -0.1) is 0 Å². The molecule has 110 valence electrons. The Morgan fingerprint density at radius 1 is 0.950 bits per heavy atom. The second-order valence-corrected chi connectivity index (χ2v) is 6.73. The van der Waals surface area contributed by atoms with Crippen molar-refractivity contribution in [3.05, 3.63) is 0 Å². The third kappa shape index (κ3) is 2.84. The lowest BCUT2D eigenvalue weighted by atomic mass is 10.4. The molecule has 2 saturated heterocycles. The molecule has 1 N–H and O–H groups in total. The number of rotatable bonds is 3.